The highest BCUT2D eigenvalue weighted by atomic mass is 16.3. The van der Waals surface area contributed by atoms with Crippen LogP contribution in [0.15, 0.2) is 34.7 Å². The Labute approximate surface area is 108 Å². The van der Waals surface area contributed by atoms with Crippen LogP contribution in [-0.2, 0) is 19.5 Å². The summed E-state index contributed by atoms with van der Waals surface area (Å²) in [5, 5.41) is 0. The summed E-state index contributed by atoms with van der Waals surface area (Å²) in [6, 6.07) is 10.9. The topological polar surface area (TPSA) is 16.4 Å². The molecule has 0 amide bonds. The second kappa shape index (κ2) is 4.62. The summed E-state index contributed by atoms with van der Waals surface area (Å²) >= 11 is 0. The largest absolute Gasteiger partial charge is 0.465 e. The Balaban J connectivity index is 1.73. The predicted molar refractivity (Wildman–Crippen MR) is 72.4 cm³/mol. The average Bonchev–Trinajstić information content (AvgIpc) is 2.68. The summed E-state index contributed by atoms with van der Waals surface area (Å²) < 4.78 is 5.76. The van der Waals surface area contributed by atoms with Crippen LogP contribution in [0.5, 0.6) is 0 Å². The summed E-state index contributed by atoms with van der Waals surface area (Å²) in [6.07, 6.45) is 1.15. The van der Waals surface area contributed by atoms with Crippen LogP contribution in [0.3, 0.4) is 0 Å². The lowest BCUT2D eigenvalue weighted by Crippen LogP contribution is -2.29. The number of nitrogens with zero attached hydrogens (tertiary/aromatic N) is 1. The standard InChI is InChI=1S/C16H19NO/c1-12-9-16(18-13(12)2)11-17-8-7-14-5-3-4-6-15(14)10-17/h3-6,9H,7-8,10-11H2,1-2H3. The highest BCUT2D eigenvalue weighted by Gasteiger charge is 2.17. The molecule has 2 heterocycles. The molecule has 1 aliphatic rings. The first-order chi connectivity index (χ1) is 8.72. The van der Waals surface area contributed by atoms with Crippen molar-refractivity contribution < 1.29 is 4.42 Å². The van der Waals surface area contributed by atoms with Gasteiger partial charge in [0.15, 0.2) is 0 Å². The fourth-order valence-corrected chi connectivity index (χ4v) is 2.64. The molecule has 0 aliphatic carbocycles. The van der Waals surface area contributed by atoms with Crippen molar-refractivity contribution in [3.8, 4) is 0 Å². The van der Waals surface area contributed by atoms with Crippen molar-refractivity contribution in [2.75, 3.05) is 6.54 Å². The van der Waals surface area contributed by atoms with E-state index < -0.39 is 0 Å². The van der Waals surface area contributed by atoms with Crippen LogP contribution < -0.4 is 0 Å². The first-order valence-corrected chi connectivity index (χ1v) is 6.57. The Morgan fingerprint density at radius 2 is 1.94 bits per heavy atom. The molecule has 2 nitrogen and oxygen atoms in total. The van der Waals surface area contributed by atoms with E-state index in [-0.39, 0.29) is 0 Å². The minimum Gasteiger partial charge on any atom is -0.465 e. The third-order valence-electron chi connectivity index (χ3n) is 3.81. The van der Waals surface area contributed by atoms with Gasteiger partial charge in [0.1, 0.15) is 11.5 Å². The van der Waals surface area contributed by atoms with E-state index in [2.05, 4.69) is 42.2 Å². The molecule has 0 spiro atoms. The quantitative estimate of drug-likeness (QED) is 0.800. The normalized spacial score (nSPS) is 15.7. The lowest BCUT2D eigenvalue weighted by molar-refractivity contribution is 0.224. The third kappa shape index (κ3) is 2.21. The molecule has 2 aromatic rings. The van der Waals surface area contributed by atoms with E-state index in [0.717, 1.165) is 37.6 Å². The van der Waals surface area contributed by atoms with Gasteiger partial charge in [0.05, 0.1) is 6.54 Å². The minimum absolute atomic E-state index is 0.920. The van der Waals surface area contributed by atoms with E-state index in [9.17, 15) is 0 Å². The molecular formula is C16H19NO. The lowest BCUT2D eigenvalue weighted by Gasteiger charge is -2.27. The van der Waals surface area contributed by atoms with Crippen molar-refractivity contribution in [3.05, 3.63) is 58.5 Å². The van der Waals surface area contributed by atoms with Gasteiger partial charge in [-0.1, -0.05) is 24.3 Å². The number of benzene rings is 1. The molecule has 18 heavy (non-hydrogen) atoms. The van der Waals surface area contributed by atoms with Crippen molar-refractivity contribution in [1.29, 1.82) is 0 Å². The van der Waals surface area contributed by atoms with E-state index in [1.165, 1.54) is 16.7 Å². The van der Waals surface area contributed by atoms with E-state index in [4.69, 9.17) is 4.42 Å². The van der Waals surface area contributed by atoms with E-state index in [1.54, 1.807) is 0 Å². The fraction of sp³-hybridized carbons (Fsp3) is 0.375. The Hall–Kier alpha value is -1.54. The SMILES string of the molecule is Cc1cc(CN2CCc3ccccc3C2)oc1C. The maximum absolute atomic E-state index is 5.76. The zero-order chi connectivity index (χ0) is 12.5. The van der Waals surface area contributed by atoms with Gasteiger partial charge in [0.25, 0.3) is 0 Å². The second-order valence-corrected chi connectivity index (χ2v) is 5.18. The molecule has 0 atom stereocenters. The molecule has 0 saturated carbocycles. The molecule has 94 valence electrons. The first kappa shape index (κ1) is 11.5. The molecule has 0 N–H and O–H groups in total. The molecule has 0 bridgehead atoms. The average molecular weight is 241 g/mol. The molecule has 3 rings (SSSR count). The van der Waals surface area contributed by atoms with Crippen LogP contribution in [0.4, 0.5) is 0 Å². The lowest BCUT2D eigenvalue weighted by atomic mass is 10.00. The zero-order valence-corrected chi connectivity index (χ0v) is 11.1. The van der Waals surface area contributed by atoms with Crippen LogP contribution in [0.25, 0.3) is 0 Å². The number of hydrogen-bond acceptors (Lipinski definition) is 2. The Bertz CT molecular complexity index is 536. The molecule has 1 aromatic carbocycles. The van der Waals surface area contributed by atoms with E-state index in [0.29, 0.717) is 0 Å². The van der Waals surface area contributed by atoms with Gasteiger partial charge in [-0.2, -0.15) is 0 Å². The highest BCUT2D eigenvalue weighted by Crippen LogP contribution is 2.21. The number of hydrogen-bond donors (Lipinski definition) is 0. The maximum Gasteiger partial charge on any atom is 0.118 e. The van der Waals surface area contributed by atoms with Crippen LogP contribution in [0, 0.1) is 13.8 Å². The Morgan fingerprint density at radius 1 is 1.17 bits per heavy atom. The van der Waals surface area contributed by atoms with Crippen molar-refractivity contribution in [3.63, 3.8) is 0 Å². The van der Waals surface area contributed by atoms with Crippen molar-refractivity contribution >= 4 is 0 Å². The minimum atomic E-state index is 0.920. The van der Waals surface area contributed by atoms with Gasteiger partial charge in [-0.15, -0.1) is 0 Å². The van der Waals surface area contributed by atoms with Crippen LogP contribution in [0.1, 0.15) is 28.2 Å². The summed E-state index contributed by atoms with van der Waals surface area (Å²) in [5.41, 5.74) is 4.21. The van der Waals surface area contributed by atoms with Gasteiger partial charge in [-0.05, 0) is 43.0 Å². The fourth-order valence-electron chi connectivity index (χ4n) is 2.64. The molecule has 0 fully saturated rings. The number of aryl methyl sites for hydroxylation is 2. The summed E-state index contributed by atoms with van der Waals surface area (Å²) in [7, 11) is 0. The van der Waals surface area contributed by atoms with Gasteiger partial charge in [-0.25, -0.2) is 0 Å². The maximum atomic E-state index is 5.76. The Kier molecular flexibility index (Phi) is 2.96. The summed E-state index contributed by atoms with van der Waals surface area (Å²) in [6.45, 7) is 7.21. The van der Waals surface area contributed by atoms with E-state index >= 15 is 0 Å². The van der Waals surface area contributed by atoms with Gasteiger partial charge in [0, 0.05) is 13.1 Å². The van der Waals surface area contributed by atoms with Gasteiger partial charge >= 0.3 is 0 Å². The second-order valence-electron chi connectivity index (χ2n) is 5.18. The first-order valence-electron chi connectivity index (χ1n) is 6.57. The van der Waals surface area contributed by atoms with Crippen molar-refractivity contribution in [1.82, 2.24) is 4.90 Å². The van der Waals surface area contributed by atoms with Crippen LogP contribution in [-0.4, -0.2) is 11.4 Å². The smallest absolute Gasteiger partial charge is 0.118 e. The monoisotopic (exact) mass is 241 g/mol. The molecule has 0 saturated heterocycles. The number of rotatable bonds is 2. The summed E-state index contributed by atoms with van der Waals surface area (Å²) in [5.74, 6) is 2.13. The zero-order valence-electron chi connectivity index (χ0n) is 11.1. The third-order valence-corrected chi connectivity index (χ3v) is 3.81. The molecule has 2 heteroatoms. The number of fused-ring (bicyclic) bond motifs is 1. The highest BCUT2D eigenvalue weighted by molar-refractivity contribution is 5.29. The van der Waals surface area contributed by atoms with Gasteiger partial charge in [-0.3, -0.25) is 4.90 Å². The predicted octanol–water partition coefficient (Wildman–Crippen LogP) is 3.45. The van der Waals surface area contributed by atoms with Gasteiger partial charge < -0.3 is 4.42 Å². The molecule has 1 aromatic heterocycles. The summed E-state index contributed by atoms with van der Waals surface area (Å²) in [4.78, 5) is 2.46. The van der Waals surface area contributed by atoms with Crippen molar-refractivity contribution in [2.24, 2.45) is 0 Å². The molecular weight excluding hydrogens is 222 g/mol. The van der Waals surface area contributed by atoms with Crippen LogP contribution >= 0.6 is 0 Å². The molecule has 0 radical (unpaired) electrons. The van der Waals surface area contributed by atoms with Crippen LogP contribution in [0.2, 0.25) is 0 Å². The number of furan rings is 1. The Morgan fingerprint density at radius 3 is 2.67 bits per heavy atom. The van der Waals surface area contributed by atoms with E-state index in [1.807, 2.05) is 6.92 Å². The van der Waals surface area contributed by atoms with Crippen molar-refractivity contribution in [2.45, 2.75) is 33.4 Å². The van der Waals surface area contributed by atoms with Gasteiger partial charge in [0.2, 0.25) is 0 Å². The molecule has 0 unspecified atom stereocenters. The molecule has 1 aliphatic heterocycles.